The summed E-state index contributed by atoms with van der Waals surface area (Å²) in [6, 6.07) is 7.37. The van der Waals surface area contributed by atoms with Crippen molar-refractivity contribution in [3.05, 3.63) is 63.8 Å². The van der Waals surface area contributed by atoms with Crippen molar-refractivity contribution in [2.75, 3.05) is 0 Å². The van der Waals surface area contributed by atoms with Gasteiger partial charge < -0.3 is 14.6 Å². The van der Waals surface area contributed by atoms with E-state index in [0.29, 0.717) is 11.6 Å². The summed E-state index contributed by atoms with van der Waals surface area (Å²) in [4.78, 5) is 24.5. The smallest absolute Gasteiger partial charge is 0.416 e. The van der Waals surface area contributed by atoms with Gasteiger partial charge in [-0.1, -0.05) is 6.07 Å². The molecule has 6 nitrogen and oxygen atoms in total. The normalized spacial score (nSPS) is 19.8. The minimum Gasteiger partial charge on any atom is -0.508 e. The van der Waals surface area contributed by atoms with E-state index in [1.165, 1.54) is 0 Å². The predicted octanol–water partition coefficient (Wildman–Crippen LogP) is 7.20. The maximum atomic E-state index is 13.3. The molecule has 34 heavy (non-hydrogen) atoms. The van der Waals surface area contributed by atoms with Gasteiger partial charge in [0.2, 0.25) is 0 Å². The lowest BCUT2D eigenvalue weighted by molar-refractivity contribution is -0.158. The highest BCUT2D eigenvalue weighted by atomic mass is 19.4. The molecule has 0 bridgehead atoms. The first kappa shape index (κ1) is 23.9. The number of nitrogens with zero attached hydrogens (tertiary/aromatic N) is 1. The summed E-state index contributed by atoms with van der Waals surface area (Å²) < 4.78 is 50.5. The van der Waals surface area contributed by atoms with Crippen LogP contribution in [-0.4, -0.2) is 22.1 Å². The second-order valence-corrected chi connectivity index (χ2v) is 9.57. The zero-order valence-electron chi connectivity index (χ0n) is 19.1. The van der Waals surface area contributed by atoms with Crippen LogP contribution in [0.5, 0.6) is 11.5 Å². The van der Waals surface area contributed by atoms with Gasteiger partial charge in [0, 0.05) is 0 Å². The van der Waals surface area contributed by atoms with Crippen LogP contribution in [0.1, 0.15) is 63.1 Å². The first-order valence-corrected chi connectivity index (χ1v) is 10.8. The molecule has 0 amide bonds. The largest absolute Gasteiger partial charge is 0.508 e. The third-order valence-corrected chi connectivity index (χ3v) is 6.01. The molecule has 0 radical (unpaired) electrons. The van der Waals surface area contributed by atoms with Gasteiger partial charge in [-0.05, 0) is 93.1 Å². The number of carbonyl (C=O) groups is 1. The number of rotatable bonds is 5. The van der Waals surface area contributed by atoms with Gasteiger partial charge >= 0.3 is 6.18 Å². The second kappa shape index (κ2) is 7.94. The molecule has 0 spiro atoms. The standard InChI is InChI=1S/C25H24F3NO5/c1-23(2)21(30)20(22(31)24(3,4)34-23)17-12-15(8-9-16(17)13-5-6-13)33-19-10-7-14(25(26,27)28)11-18(19)29-32/h7-13,30H,5-6H2,1-4H3. The molecule has 2 aliphatic rings. The SMILES string of the molecule is CC1(C)OC(C)(C)C(O)=C(c2cc(Oc3ccc(C(F)(F)F)cc3N=O)ccc2C2CC2)C1=O. The summed E-state index contributed by atoms with van der Waals surface area (Å²) in [7, 11) is 0. The van der Waals surface area contributed by atoms with Crippen molar-refractivity contribution >= 4 is 17.0 Å². The first-order valence-electron chi connectivity index (χ1n) is 10.8. The van der Waals surface area contributed by atoms with Crippen LogP contribution in [-0.2, 0) is 15.7 Å². The maximum absolute atomic E-state index is 13.3. The summed E-state index contributed by atoms with van der Waals surface area (Å²) in [6.07, 6.45) is -2.78. The number of aliphatic hydroxyl groups is 1. The predicted molar refractivity (Wildman–Crippen MR) is 119 cm³/mol. The molecule has 1 aliphatic carbocycles. The van der Waals surface area contributed by atoms with Gasteiger partial charge in [0.15, 0.2) is 17.2 Å². The molecule has 1 fully saturated rings. The molecule has 0 unspecified atom stereocenters. The number of hydrogen-bond donors (Lipinski definition) is 1. The Bertz CT molecular complexity index is 1210. The monoisotopic (exact) mass is 475 g/mol. The van der Waals surface area contributed by atoms with Crippen LogP contribution in [0.4, 0.5) is 18.9 Å². The number of alkyl halides is 3. The lowest BCUT2D eigenvalue weighted by Crippen LogP contribution is -2.49. The second-order valence-electron chi connectivity index (χ2n) is 9.57. The van der Waals surface area contributed by atoms with Gasteiger partial charge in [-0.2, -0.15) is 13.2 Å². The molecule has 0 aromatic heterocycles. The van der Waals surface area contributed by atoms with Gasteiger partial charge in [-0.3, -0.25) is 4.79 Å². The molecular weight excluding hydrogens is 451 g/mol. The van der Waals surface area contributed by atoms with Crippen molar-refractivity contribution in [1.29, 1.82) is 0 Å². The Balaban J connectivity index is 1.81. The van der Waals surface area contributed by atoms with Crippen molar-refractivity contribution in [2.24, 2.45) is 5.18 Å². The summed E-state index contributed by atoms with van der Waals surface area (Å²) >= 11 is 0. The van der Waals surface area contributed by atoms with Crippen molar-refractivity contribution < 1.29 is 32.5 Å². The van der Waals surface area contributed by atoms with E-state index in [1.54, 1.807) is 45.9 Å². The maximum Gasteiger partial charge on any atom is 0.416 e. The number of aliphatic hydroxyl groups excluding tert-OH is 1. The van der Waals surface area contributed by atoms with E-state index in [9.17, 15) is 28.0 Å². The zero-order chi connectivity index (χ0) is 25.1. The Morgan fingerprint density at radius 2 is 1.74 bits per heavy atom. The van der Waals surface area contributed by atoms with E-state index in [2.05, 4.69) is 5.18 Å². The van der Waals surface area contributed by atoms with E-state index >= 15 is 0 Å². The van der Waals surface area contributed by atoms with E-state index in [-0.39, 0.29) is 28.7 Å². The van der Waals surface area contributed by atoms with Gasteiger partial charge in [-0.25, -0.2) is 0 Å². The van der Waals surface area contributed by atoms with Gasteiger partial charge in [0.05, 0.1) is 11.1 Å². The fourth-order valence-corrected chi connectivity index (χ4v) is 4.24. The zero-order valence-corrected chi connectivity index (χ0v) is 19.1. The fourth-order valence-electron chi connectivity index (χ4n) is 4.24. The summed E-state index contributed by atoms with van der Waals surface area (Å²) in [5.41, 5.74) is -2.39. The number of hydrogen-bond acceptors (Lipinski definition) is 6. The van der Waals surface area contributed by atoms with Gasteiger partial charge in [0.1, 0.15) is 22.7 Å². The van der Waals surface area contributed by atoms with Crippen molar-refractivity contribution in [2.45, 2.75) is 63.8 Å². The van der Waals surface area contributed by atoms with Gasteiger partial charge in [0.25, 0.3) is 0 Å². The molecule has 1 heterocycles. The molecule has 1 saturated carbocycles. The third-order valence-electron chi connectivity index (χ3n) is 6.01. The lowest BCUT2D eigenvalue weighted by atomic mass is 9.81. The van der Waals surface area contributed by atoms with E-state index in [0.717, 1.165) is 30.5 Å². The van der Waals surface area contributed by atoms with Crippen LogP contribution in [0.3, 0.4) is 0 Å². The van der Waals surface area contributed by atoms with Crippen LogP contribution < -0.4 is 4.74 Å². The van der Waals surface area contributed by atoms with E-state index in [4.69, 9.17) is 9.47 Å². The quantitative estimate of drug-likeness (QED) is 0.462. The fraction of sp³-hybridized carbons (Fsp3) is 0.400. The summed E-state index contributed by atoms with van der Waals surface area (Å²) in [5.74, 6) is -0.372. The van der Waals surface area contributed by atoms with E-state index < -0.39 is 34.4 Å². The Morgan fingerprint density at radius 3 is 2.32 bits per heavy atom. The molecule has 1 aliphatic heterocycles. The number of benzene rings is 2. The molecule has 2 aromatic carbocycles. The number of halogens is 3. The van der Waals surface area contributed by atoms with Crippen molar-refractivity contribution in [3.63, 3.8) is 0 Å². The highest BCUT2D eigenvalue weighted by Gasteiger charge is 2.48. The van der Waals surface area contributed by atoms with E-state index in [1.807, 2.05) is 0 Å². The van der Waals surface area contributed by atoms with Crippen LogP contribution in [0, 0.1) is 4.91 Å². The van der Waals surface area contributed by atoms with Crippen LogP contribution in [0.2, 0.25) is 0 Å². The Labute approximate surface area is 194 Å². The summed E-state index contributed by atoms with van der Waals surface area (Å²) in [5, 5.41) is 13.7. The number of nitroso groups, excluding NO2 is 1. The Kier molecular flexibility index (Phi) is 5.59. The Morgan fingerprint density at radius 1 is 1.06 bits per heavy atom. The molecular formula is C25H24F3NO5. The molecule has 1 N–H and O–H groups in total. The molecule has 4 rings (SSSR count). The summed E-state index contributed by atoms with van der Waals surface area (Å²) in [6.45, 7) is 6.59. The molecule has 9 heteroatoms. The van der Waals surface area contributed by atoms with Crippen molar-refractivity contribution in [3.8, 4) is 11.5 Å². The molecule has 180 valence electrons. The van der Waals surface area contributed by atoms with Crippen LogP contribution >= 0.6 is 0 Å². The minimum absolute atomic E-state index is 0.120. The topological polar surface area (TPSA) is 85.2 Å². The number of ether oxygens (including phenoxy) is 2. The van der Waals surface area contributed by atoms with Crippen LogP contribution in [0.15, 0.2) is 47.3 Å². The Hall–Kier alpha value is -3.20. The first-order chi connectivity index (χ1) is 15.7. The third kappa shape index (κ3) is 4.32. The molecule has 2 aromatic rings. The average molecular weight is 475 g/mol. The highest BCUT2D eigenvalue weighted by molar-refractivity contribution is 6.26. The molecule has 0 saturated heterocycles. The number of carbonyl (C=O) groups excluding carboxylic acids is 1. The van der Waals surface area contributed by atoms with Gasteiger partial charge in [-0.15, -0.1) is 4.91 Å². The molecule has 0 atom stereocenters. The lowest BCUT2D eigenvalue weighted by Gasteiger charge is -2.40. The van der Waals surface area contributed by atoms with Crippen molar-refractivity contribution in [1.82, 2.24) is 0 Å². The highest BCUT2D eigenvalue weighted by Crippen LogP contribution is 2.48. The number of ketones is 1. The average Bonchev–Trinajstić information content (AvgIpc) is 3.57. The number of Topliss-reactive ketones (excluding diaryl/α,β-unsaturated/α-hetero) is 1. The van der Waals surface area contributed by atoms with Crippen LogP contribution in [0.25, 0.3) is 5.57 Å². The minimum atomic E-state index is -4.63.